The van der Waals surface area contributed by atoms with Gasteiger partial charge in [-0.25, -0.2) is 4.79 Å². The number of rotatable bonds is 5. The molecule has 2 amide bonds. The highest BCUT2D eigenvalue weighted by Crippen LogP contribution is 2.20. The van der Waals surface area contributed by atoms with Gasteiger partial charge in [-0.05, 0) is 32.1 Å². The monoisotopic (exact) mass is 226 g/mol. The van der Waals surface area contributed by atoms with Crippen molar-refractivity contribution >= 4 is 6.03 Å². The molecule has 1 aliphatic rings. The number of unbranched alkanes of at least 4 members (excludes halogenated alkanes) is 1. The van der Waals surface area contributed by atoms with E-state index >= 15 is 0 Å². The lowest BCUT2D eigenvalue weighted by Crippen LogP contribution is -2.48. The first-order chi connectivity index (χ1) is 7.79. The smallest absolute Gasteiger partial charge is 0.317 e. The minimum absolute atomic E-state index is 0.159. The zero-order valence-electron chi connectivity index (χ0n) is 10.8. The van der Waals surface area contributed by atoms with E-state index in [0.717, 1.165) is 32.4 Å². The number of amides is 2. The molecule has 3 nitrogen and oxygen atoms in total. The second kappa shape index (κ2) is 7.53. The Labute approximate surface area is 99.6 Å². The third-order valence-corrected chi connectivity index (χ3v) is 3.32. The Hall–Kier alpha value is -0.730. The summed E-state index contributed by atoms with van der Waals surface area (Å²) in [7, 11) is 0. The van der Waals surface area contributed by atoms with Crippen molar-refractivity contribution in [2.75, 3.05) is 13.1 Å². The van der Waals surface area contributed by atoms with Gasteiger partial charge in [0.05, 0.1) is 0 Å². The van der Waals surface area contributed by atoms with Crippen LogP contribution in [0, 0.1) is 0 Å². The summed E-state index contributed by atoms with van der Waals surface area (Å²) in [5.74, 6) is 0. The van der Waals surface area contributed by atoms with Gasteiger partial charge in [0.1, 0.15) is 0 Å². The molecule has 1 N–H and O–H groups in total. The fraction of sp³-hybridized carbons (Fsp3) is 0.923. The van der Waals surface area contributed by atoms with Crippen molar-refractivity contribution in [1.82, 2.24) is 10.2 Å². The molecule has 0 saturated carbocycles. The van der Waals surface area contributed by atoms with E-state index in [9.17, 15) is 4.79 Å². The van der Waals surface area contributed by atoms with Gasteiger partial charge in [0.25, 0.3) is 0 Å². The van der Waals surface area contributed by atoms with Crippen molar-refractivity contribution in [1.29, 1.82) is 0 Å². The molecule has 0 aromatic rings. The van der Waals surface area contributed by atoms with Crippen molar-refractivity contribution in [2.24, 2.45) is 0 Å². The number of piperidine rings is 1. The van der Waals surface area contributed by atoms with Crippen LogP contribution in [0.25, 0.3) is 0 Å². The highest BCUT2D eigenvalue weighted by atomic mass is 16.2. The van der Waals surface area contributed by atoms with Crippen LogP contribution in [0.3, 0.4) is 0 Å². The van der Waals surface area contributed by atoms with Crippen LogP contribution in [-0.2, 0) is 0 Å². The zero-order chi connectivity index (χ0) is 11.8. The van der Waals surface area contributed by atoms with E-state index in [1.165, 1.54) is 25.7 Å². The fourth-order valence-electron chi connectivity index (χ4n) is 2.37. The van der Waals surface area contributed by atoms with Crippen LogP contribution in [0.5, 0.6) is 0 Å². The number of nitrogens with one attached hydrogen (secondary N) is 1. The fourth-order valence-corrected chi connectivity index (χ4v) is 2.37. The predicted octanol–water partition coefficient (Wildman–Crippen LogP) is 3.15. The Bertz CT molecular complexity index is 204. The van der Waals surface area contributed by atoms with E-state index in [1.807, 2.05) is 0 Å². The maximum Gasteiger partial charge on any atom is 0.317 e. The van der Waals surface area contributed by atoms with Gasteiger partial charge in [0, 0.05) is 19.1 Å². The summed E-state index contributed by atoms with van der Waals surface area (Å²) in [6, 6.07) is 0.645. The molecule has 1 aliphatic heterocycles. The third-order valence-electron chi connectivity index (χ3n) is 3.32. The van der Waals surface area contributed by atoms with Gasteiger partial charge < -0.3 is 10.2 Å². The Morgan fingerprint density at radius 1 is 1.31 bits per heavy atom. The Morgan fingerprint density at radius 2 is 2.12 bits per heavy atom. The molecule has 1 saturated heterocycles. The van der Waals surface area contributed by atoms with Gasteiger partial charge in [-0.1, -0.05) is 26.7 Å². The highest BCUT2D eigenvalue weighted by molar-refractivity contribution is 5.74. The largest absolute Gasteiger partial charge is 0.338 e. The Morgan fingerprint density at radius 3 is 2.81 bits per heavy atom. The van der Waals surface area contributed by atoms with Crippen LogP contribution in [0.1, 0.15) is 58.8 Å². The molecular formula is C13H26N2O. The maximum absolute atomic E-state index is 12.0. The summed E-state index contributed by atoms with van der Waals surface area (Å²) in [5.41, 5.74) is 0. The quantitative estimate of drug-likeness (QED) is 0.718. The molecule has 94 valence electrons. The molecule has 0 spiro atoms. The second-order valence-corrected chi connectivity index (χ2v) is 4.72. The van der Waals surface area contributed by atoms with Gasteiger partial charge in [-0.2, -0.15) is 0 Å². The SMILES string of the molecule is CCCCNC(=O)N1CCCCC1CCC. The van der Waals surface area contributed by atoms with Gasteiger partial charge in [-0.15, -0.1) is 0 Å². The van der Waals surface area contributed by atoms with Gasteiger partial charge in [-0.3, -0.25) is 0 Å². The van der Waals surface area contributed by atoms with Crippen LogP contribution in [0.15, 0.2) is 0 Å². The number of nitrogens with zero attached hydrogens (tertiary/aromatic N) is 1. The summed E-state index contributed by atoms with van der Waals surface area (Å²) < 4.78 is 0. The van der Waals surface area contributed by atoms with Gasteiger partial charge in [0.2, 0.25) is 0 Å². The van der Waals surface area contributed by atoms with E-state index in [4.69, 9.17) is 0 Å². The van der Waals surface area contributed by atoms with Crippen LogP contribution < -0.4 is 5.32 Å². The lowest BCUT2D eigenvalue weighted by atomic mass is 9.99. The molecule has 3 heteroatoms. The molecule has 0 bridgehead atoms. The highest BCUT2D eigenvalue weighted by Gasteiger charge is 2.25. The van der Waals surface area contributed by atoms with E-state index in [0.29, 0.717) is 6.04 Å². The number of carbonyl (C=O) groups excluding carboxylic acids is 1. The van der Waals surface area contributed by atoms with Gasteiger partial charge >= 0.3 is 6.03 Å². The molecule has 1 heterocycles. The lowest BCUT2D eigenvalue weighted by molar-refractivity contribution is 0.146. The Kier molecular flexibility index (Phi) is 6.27. The van der Waals surface area contributed by atoms with E-state index in [2.05, 4.69) is 24.1 Å². The minimum Gasteiger partial charge on any atom is -0.338 e. The molecule has 1 rings (SSSR count). The van der Waals surface area contributed by atoms with Crippen LogP contribution in [-0.4, -0.2) is 30.1 Å². The molecular weight excluding hydrogens is 200 g/mol. The molecule has 1 unspecified atom stereocenters. The molecule has 0 aromatic heterocycles. The van der Waals surface area contributed by atoms with Crippen LogP contribution in [0.4, 0.5) is 4.79 Å². The summed E-state index contributed by atoms with van der Waals surface area (Å²) in [6.07, 6.45) is 8.18. The van der Waals surface area contributed by atoms with Crippen LogP contribution >= 0.6 is 0 Å². The summed E-state index contributed by atoms with van der Waals surface area (Å²) in [5, 5.41) is 3.03. The second-order valence-electron chi connectivity index (χ2n) is 4.72. The van der Waals surface area contributed by atoms with Crippen LogP contribution in [0.2, 0.25) is 0 Å². The molecule has 0 aromatic carbocycles. The van der Waals surface area contributed by atoms with Crippen molar-refractivity contribution in [2.45, 2.75) is 64.8 Å². The van der Waals surface area contributed by atoms with Gasteiger partial charge in [0.15, 0.2) is 0 Å². The van der Waals surface area contributed by atoms with E-state index < -0.39 is 0 Å². The molecule has 1 atom stereocenters. The number of likely N-dealkylation sites (tertiary alicyclic amines) is 1. The zero-order valence-corrected chi connectivity index (χ0v) is 10.8. The van der Waals surface area contributed by atoms with Crippen molar-refractivity contribution in [3.63, 3.8) is 0 Å². The average molecular weight is 226 g/mol. The number of hydrogen-bond acceptors (Lipinski definition) is 1. The van der Waals surface area contributed by atoms with Crippen molar-refractivity contribution < 1.29 is 4.79 Å². The van der Waals surface area contributed by atoms with E-state index in [-0.39, 0.29) is 6.03 Å². The number of urea groups is 1. The summed E-state index contributed by atoms with van der Waals surface area (Å²) in [4.78, 5) is 14.0. The molecule has 1 fully saturated rings. The van der Waals surface area contributed by atoms with E-state index in [1.54, 1.807) is 0 Å². The number of hydrogen-bond donors (Lipinski definition) is 1. The first-order valence-electron chi connectivity index (χ1n) is 6.84. The molecule has 16 heavy (non-hydrogen) atoms. The van der Waals surface area contributed by atoms with Crippen molar-refractivity contribution in [3.8, 4) is 0 Å². The topological polar surface area (TPSA) is 32.3 Å². The average Bonchev–Trinajstić information content (AvgIpc) is 2.30. The summed E-state index contributed by atoms with van der Waals surface area (Å²) >= 11 is 0. The minimum atomic E-state index is 0.159. The lowest BCUT2D eigenvalue weighted by Gasteiger charge is -2.35. The molecule has 0 radical (unpaired) electrons. The first-order valence-corrected chi connectivity index (χ1v) is 6.84. The van der Waals surface area contributed by atoms with Crippen molar-refractivity contribution in [3.05, 3.63) is 0 Å². The summed E-state index contributed by atoms with van der Waals surface area (Å²) in [6.45, 7) is 6.11. The third kappa shape index (κ3) is 4.03. The Balaban J connectivity index is 2.37. The standard InChI is InChI=1S/C13H26N2O/c1-3-5-10-14-13(16)15-11-7-6-9-12(15)8-4-2/h12H,3-11H2,1-2H3,(H,14,16). The maximum atomic E-state index is 12.0. The first kappa shape index (κ1) is 13.3. The number of carbonyl (C=O) groups is 1. The molecule has 0 aliphatic carbocycles. The predicted molar refractivity (Wildman–Crippen MR) is 67.6 cm³/mol. The normalized spacial score (nSPS) is 20.9.